The standard InChI is InChI=1S/C20H30N2O3/c1-16(23)19-5-3-4-18(14-19)15-22-11-8-17(9-12-22)6-7-20(24)21-10-13-25-2/h3-5,14,17H,6-13,15H2,1-2H3,(H,21,24). The summed E-state index contributed by atoms with van der Waals surface area (Å²) in [5, 5.41) is 2.88. The molecule has 1 fully saturated rings. The first-order valence-electron chi connectivity index (χ1n) is 9.16. The second kappa shape index (κ2) is 10.3. The lowest BCUT2D eigenvalue weighted by Crippen LogP contribution is -2.34. The summed E-state index contributed by atoms with van der Waals surface area (Å²) in [6.45, 7) is 5.77. The Hall–Kier alpha value is -1.72. The van der Waals surface area contributed by atoms with Gasteiger partial charge in [0.05, 0.1) is 6.61 Å². The van der Waals surface area contributed by atoms with Crippen molar-refractivity contribution in [2.45, 2.75) is 39.2 Å². The van der Waals surface area contributed by atoms with Gasteiger partial charge in [-0.2, -0.15) is 0 Å². The molecule has 1 amide bonds. The number of carbonyl (C=O) groups excluding carboxylic acids is 2. The van der Waals surface area contributed by atoms with E-state index in [1.54, 1.807) is 14.0 Å². The van der Waals surface area contributed by atoms with Gasteiger partial charge in [0, 0.05) is 32.2 Å². The van der Waals surface area contributed by atoms with E-state index in [2.05, 4.69) is 16.3 Å². The highest BCUT2D eigenvalue weighted by Gasteiger charge is 2.20. The average molecular weight is 346 g/mol. The van der Waals surface area contributed by atoms with Crippen molar-refractivity contribution in [3.8, 4) is 0 Å². The van der Waals surface area contributed by atoms with Crippen LogP contribution < -0.4 is 5.32 Å². The monoisotopic (exact) mass is 346 g/mol. The molecule has 25 heavy (non-hydrogen) atoms. The summed E-state index contributed by atoms with van der Waals surface area (Å²) in [7, 11) is 1.64. The second-order valence-corrected chi connectivity index (χ2v) is 6.86. The van der Waals surface area contributed by atoms with Gasteiger partial charge in [0.25, 0.3) is 0 Å². The Morgan fingerprint density at radius 1 is 1.28 bits per heavy atom. The van der Waals surface area contributed by atoms with Crippen molar-refractivity contribution in [2.24, 2.45) is 5.92 Å². The summed E-state index contributed by atoms with van der Waals surface area (Å²) in [5.74, 6) is 0.873. The molecular weight excluding hydrogens is 316 g/mol. The molecule has 0 bridgehead atoms. The maximum atomic E-state index is 11.7. The van der Waals surface area contributed by atoms with Gasteiger partial charge in [0.2, 0.25) is 5.91 Å². The highest BCUT2D eigenvalue weighted by Crippen LogP contribution is 2.23. The Labute approximate surface area is 150 Å². The largest absolute Gasteiger partial charge is 0.383 e. The minimum absolute atomic E-state index is 0.115. The lowest BCUT2D eigenvalue weighted by atomic mass is 9.91. The van der Waals surface area contributed by atoms with Gasteiger partial charge in [-0.1, -0.05) is 18.2 Å². The molecule has 0 radical (unpaired) electrons. The SMILES string of the molecule is COCCNC(=O)CCC1CCN(Cc2cccc(C(C)=O)c2)CC1. The molecule has 1 heterocycles. The van der Waals surface area contributed by atoms with E-state index in [4.69, 9.17) is 4.74 Å². The molecule has 2 rings (SSSR count). The highest BCUT2D eigenvalue weighted by molar-refractivity contribution is 5.94. The van der Waals surface area contributed by atoms with Crippen LogP contribution in [0, 0.1) is 5.92 Å². The lowest BCUT2D eigenvalue weighted by Gasteiger charge is -2.32. The minimum atomic E-state index is 0.115. The third kappa shape index (κ3) is 6.96. The molecule has 0 spiro atoms. The lowest BCUT2D eigenvalue weighted by molar-refractivity contribution is -0.121. The minimum Gasteiger partial charge on any atom is -0.383 e. The number of carbonyl (C=O) groups is 2. The van der Waals surface area contributed by atoms with E-state index in [0.29, 0.717) is 25.5 Å². The van der Waals surface area contributed by atoms with Gasteiger partial charge in [-0.05, 0) is 56.8 Å². The van der Waals surface area contributed by atoms with E-state index in [-0.39, 0.29) is 11.7 Å². The quantitative estimate of drug-likeness (QED) is 0.552. The number of methoxy groups -OCH3 is 1. The van der Waals surface area contributed by atoms with Crippen LogP contribution in [0.15, 0.2) is 24.3 Å². The molecule has 0 aromatic heterocycles. The number of ketones is 1. The number of rotatable bonds is 9. The number of likely N-dealkylation sites (tertiary alicyclic amines) is 1. The maximum Gasteiger partial charge on any atom is 0.220 e. The Kier molecular flexibility index (Phi) is 8.09. The van der Waals surface area contributed by atoms with Crippen molar-refractivity contribution in [1.82, 2.24) is 10.2 Å². The number of ether oxygens (including phenoxy) is 1. The molecule has 1 aromatic carbocycles. The van der Waals surface area contributed by atoms with Gasteiger partial charge in [0.15, 0.2) is 5.78 Å². The molecule has 0 atom stereocenters. The zero-order chi connectivity index (χ0) is 18.1. The number of nitrogens with one attached hydrogen (secondary N) is 1. The summed E-state index contributed by atoms with van der Waals surface area (Å²) in [6, 6.07) is 7.92. The van der Waals surface area contributed by atoms with Crippen LogP contribution in [0.1, 0.15) is 48.5 Å². The molecule has 1 saturated heterocycles. The normalized spacial score (nSPS) is 15.9. The predicted octanol–water partition coefficient (Wildman–Crippen LogP) is 2.64. The van der Waals surface area contributed by atoms with Gasteiger partial charge in [-0.15, -0.1) is 0 Å². The first-order chi connectivity index (χ1) is 12.1. The smallest absolute Gasteiger partial charge is 0.220 e. The van der Waals surface area contributed by atoms with E-state index >= 15 is 0 Å². The van der Waals surface area contributed by atoms with Gasteiger partial charge >= 0.3 is 0 Å². The van der Waals surface area contributed by atoms with Gasteiger partial charge in [0.1, 0.15) is 0 Å². The first kappa shape index (κ1) is 19.6. The van der Waals surface area contributed by atoms with Gasteiger partial charge in [-0.25, -0.2) is 0 Å². The van der Waals surface area contributed by atoms with Crippen LogP contribution in [0.4, 0.5) is 0 Å². The number of nitrogens with zero attached hydrogens (tertiary/aromatic N) is 1. The zero-order valence-corrected chi connectivity index (χ0v) is 15.4. The molecule has 1 aromatic rings. The van der Waals surface area contributed by atoms with Crippen molar-refractivity contribution in [2.75, 3.05) is 33.4 Å². The topological polar surface area (TPSA) is 58.6 Å². The zero-order valence-electron chi connectivity index (χ0n) is 15.4. The van der Waals surface area contributed by atoms with Gasteiger partial charge < -0.3 is 10.1 Å². The van der Waals surface area contributed by atoms with Crippen LogP contribution >= 0.6 is 0 Å². The Morgan fingerprint density at radius 2 is 2.04 bits per heavy atom. The number of benzene rings is 1. The molecule has 0 aliphatic carbocycles. The summed E-state index contributed by atoms with van der Waals surface area (Å²) in [4.78, 5) is 25.7. The fourth-order valence-electron chi connectivity index (χ4n) is 3.30. The first-order valence-corrected chi connectivity index (χ1v) is 9.16. The molecule has 1 aliphatic heterocycles. The molecule has 0 saturated carbocycles. The number of piperidine rings is 1. The van der Waals surface area contributed by atoms with E-state index in [1.807, 2.05) is 18.2 Å². The molecule has 138 valence electrons. The summed E-state index contributed by atoms with van der Waals surface area (Å²) in [5.41, 5.74) is 1.98. The van der Waals surface area contributed by atoms with Crippen LogP contribution in [-0.2, 0) is 16.1 Å². The fraction of sp³-hybridized carbons (Fsp3) is 0.600. The van der Waals surface area contributed by atoms with Crippen molar-refractivity contribution >= 4 is 11.7 Å². The van der Waals surface area contributed by atoms with Gasteiger partial charge in [-0.3, -0.25) is 14.5 Å². The van der Waals surface area contributed by atoms with Crippen LogP contribution in [0.2, 0.25) is 0 Å². The van der Waals surface area contributed by atoms with Crippen molar-refractivity contribution < 1.29 is 14.3 Å². The Balaban J connectivity index is 1.68. The molecule has 1 aliphatic rings. The number of hydrogen-bond donors (Lipinski definition) is 1. The molecule has 0 unspecified atom stereocenters. The van der Waals surface area contributed by atoms with Crippen LogP contribution in [-0.4, -0.2) is 49.9 Å². The van der Waals surface area contributed by atoms with Crippen molar-refractivity contribution in [3.05, 3.63) is 35.4 Å². The van der Waals surface area contributed by atoms with Crippen LogP contribution in [0.3, 0.4) is 0 Å². The molecule has 1 N–H and O–H groups in total. The number of amides is 1. The molecule has 5 heteroatoms. The van der Waals surface area contributed by atoms with Crippen molar-refractivity contribution in [3.63, 3.8) is 0 Å². The van der Waals surface area contributed by atoms with E-state index in [1.165, 1.54) is 5.56 Å². The van der Waals surface area contributed by atoms with E-state index in [9.17, 15) is 9.59 Å². The highest BCUT2D eigenvalue weighted by atomic mass is 16.5. The van der Waals surface area contributed by atoms with E-state index < -0.39 is 0 Å². The second-order valence-electron chi connectivity index (χ2n) is 6.86. The number of hydrogen-bond acceptors (Lipinski definition) is 4. The summed E-state index contributed by atoms with van der Waals surface area (Å²) < 4.78 is 4.93. The summed E-state index contributed by atoms with van der Waals surface area (Å²) in [6.07, 6.45) is 3.84. The maximum absolute atomic E-state index is 11.7. The third-order valence-corrected chi connectivity index (χ3v) is 4.85. The van der Waals surface area contributed by atoms with Crippen molar-refractivity contribution in [1.29, 1.82) is 0 Å². The third-order valence-electron chi connectivity index (χ3n) is 4.85. The fourth-order valence-corrected chi connectivity index (χ4v) is 3.30. The predicted molar refractivity (Wildman–Crippen MR) is 98.6 cm³/mol. The van der Waals surface area contributed by atoms with E-state index in [0.717, 1.165) is 44.5 Å². The Morgan fingerprint density at radius 3 is 2.72 bits per heavy atom. The Bertz CT molecular complexity index is 566. The molecule has 5 nitrogen and oxygen atoms in total. The number of Topliss-reactive ketones (excluding diaryl/α,β-unsaturated/α-hetero) is 1. The van der Waals surface area contributed by atoms with Crippen LogP contribution in [0.5, 0.6) is 0 Å². The average Bonchev–Trinajstić information content (AvgIpc) is 2.61. The molecular formula is C20H30N2O3. The summed E-state index contributed by atoms with van der Waals surface area (Å²) >= 11 is 0. The van der Waals surface area contributed by atoms with Crippen LogP contribution in [0.25, 0.3) is 0 Å².